The number of pyridine rings is 1. The SMILES string of the molecule is CCCCc1nc(O)c(S(=O)(=O)c2ccc(-c3ccncc3C)cc2)c(=O)n1[C@@H](CC)c1cccc(OC)c1. The van der Waals surface area contributed by atoms with Crippen LogP contribution < -0.4 is 10.3 Å². The second-order valence-corrected chi connectivity index (χ2v) is 11.3. The molecule has 0 saturated heterocycles. The fourth-order valence-electron chi connectivity index (χ4n) is 4.76. The maximum Gasteiger partial charge on any atom is 0.277 e. The fraction of sp³-hybridized carbons (Fsp3) is 0.300. The summed E-state index contributed by atoms with van der Waals surface area (Å²) in [6.45, 7) is 5.85. The van der Waals surface area contributed by atoms with Crippen molar-refractivity contribution in [3.8, 4) is 22.8 Å². The van der Waals surface area contributed by atoms with Crippen LogP contribution in [-0.2, 0) is 16.3 Å². The molecule has 0 saturated carbocycles. The molecule has 0 unspecified atom stereocenters. The number of nitrogens with zero attached hydrogens (tertiary/aromatic N) is 3. The second kappa shape index (κ2) is 11.8. The van der Waals surface area contributed by atoms with Gasteiger partial charge in [-0.2, -0.15) is 4.98 Å². The fourth-order valence-corrected chi connectivity index (χ4v) is 6.11. The van der Waals surface area contributed by atoms with Gasteiger partial charge in [-0.3, -0.25) is 14.3 Å². The molecule has 1 atom stereocenters. The summed E-state index contributed by atoms with van der Waals surface area (Å²) < 4.78 is 34.3. The molecule has 8 nitrogen and oxygen atoms in total. The molecule has 0 spiro atoms. The van der Waals surface area contributed by atoms with Crippen LogP contribution in [0.1, 0.15) is 56.1 Å². The van der Waals surface area contributed by atoms with Crippen LogP contribution in [0.25, 0.3) is 11.1 Å². The molecule has 9 heteroatoms. The normalized spacial score (nSPS) is 12.3. The van der Waals surface area contributed by atoms with Crippen molar-refractivity contribution in [3.05, 3.63) is 94.3 Å². The minimum absolute atomic E-state index is 0.102. The number of rotatable bonds is 10. The van der Waals surface area contributed by atoms with Crippen molar-refractivity contribution < 1.29 is 18.3 Å². The van der Waals surface area contributed by atoms with E-state index in [1.165, 1.54) is 16.7 Å². The molecule has 0 aliphatic carbocycles. The summed E-state index contributed by atoms with van der Waals surface area (Å²) in [4.78, 5) is 21.5. The summed E-state index contributed by atoms with van der Waals surface area (Å²) >= 11 is 0. The Morgan fingerprint density at radius 2 is 1.82 bits per heavy atom. The van der Waals surface area contributed by atoms with Crippen molar-refractivity contribution in [1.29, 1.82) is 0 Å². The van der Waals surface area contributed by atoms with E-state index in [0.717, 1.165) is 35.1 Å². The van der Waals surface area contributed by atoms with Crippen molar-refractivity contribution in [2.45, 2.75) is 62.3 Å². The minimum Gasteiger partial charge on any atom is -0.497 e. The van der Waals surface area contributed by atoms with Crippen LogP contribution in [0.5, 0.6) is 11.6 Å². The van der Waals surface area contributed by atoms with Crippen LogP contribution in [0, 0.1) is 6.92 Å². The third-order valence-corrected chi connectivity index (χ3v) is 8.61. The molecule has 0 aliphatic rings. The van der Waals surface area contributed by atoms with Gasteiger partial charge in [0.05, 0.1) is 18.0 Å². The van der Waals surface area contributed by atoms with E-state index in [-0.39, 0.29) is 4.90 Å². The van der Waals surface area contributed by atoms with Crippen molar-refractivity contribution in [2.75, 3.05) is 7.11 Å². The Labute approximate surface area is 228 Å². The standard InChI is InChI=1S/C30H33N3O5S/c1-5-7-11-27-32-29(34)28(30(35)33(27)26(6-2)22-9-8-10-23(18-22)38-4)39(36,37)24-14-12-21(13-15-24)25-16-17-31-19-20(25)3/h8-10,12-19,26,34H,5-7,11H2,1-4H3/t26-/m0/s1. The quantitative estimate of drug-likeness (QED) is 0.279. The van der Waals surface area contributed by atoms with Crippen LogP contribution in [0.2, 0.25) is 0 Å². The summed E-state index contributed by atoms with van der Waals surface area (Å²) in [6, 6.07) is 14.9. The van der Waals surface area contributed by atoms with E-state index in [4.69, 9.17) is 4.74 Å². The summed E-state index contributed by atoms with van der Waals surface area (Å²) in [6.07, 6.45) is 5.89. The number of aromatic nitrogens is 3. The summed E-state index contributed by atoms with van der Waals surface area (Å²) in [5.74, 6) is 0.187. The number of methoxy groups -OCH3 is 1. The van der Waals surface area contributed by atoms with Gasteiger partial charge in [-0.25, -0.2) is 8.42 Å². The molecule has 0 amide bonds. The number of hydrogen-bond donors (Lipinski definition) is 1. The maximum absolute atomic E-state index is 14.0. The Kier molecular flexibility index (Phi) is 8.50. The Hall–Kier alpha value is -3.98. The van der Waals surface area contributed by atoms with Gasteiger partial charge in [-0.15, -0.1) is 0 Å². The van der Waals surface area contributed by atoms with Gasteiger partial charge in [0.2, 0.25) is 15.7 Å². The van der Waals surface area contributed by atoms with E-state index in [1.807, 2.05) is 45.0 Å². The third-order valence-electron chi connectivity index (χ3n) is 6.82. The predicted octanol–water partition coefficient (Wildman–Crippen LogP) is 5.50. The number of ether oxygens (including phenoxy) is 1. The minimum atomic E-state index is -4.39. The average molecular weight is 548 g/mol. The van der Waals surface area contributed by atoms with Gasteiger partial charge in [-0.05, 0) is 72.4 Å². The molecular weight excluding hydrogens is 514 g/mol. The lowest BCUT2D eigenvalue weighted by Gasteiger charge is -2.23. The number of aryl methyl sites for hydroxylation is 2. The molecule has 2 aromatic carbocycles. The van der Waals surface area contributed by atoms with Crippen molar-refractivity contribution >= 4 is 9.84 Å². The van der Waals surface area contributed by atoms with Gasteiger partial charge in [0.1, 0.15) is 11.6 Å². The van der Waals surface area contributed by atoms with E-state index in [2.05, 4.69) is 9.97 Å². The molecule has 0 radical (unpaired) electrons. The first-order chi connectivity index (χ1) is 18.7. The van der Waals surface area contributed by atoms with E-state index < -0.39 is 32.2 Å². The smallest absolute Gasteiger partial charge is 0.277 e. The van der Waals surface area contributed by atoms with Gasteiger partial charge in [-0.1, -0.05) is 44.5 Å². The Balaban J connectivity index is 1.87. The van der Waals surface area contributed by atoms with E-state index in [1.54, 1.807) is 37.7 Å². The van der Waals surface area contributed by atoms with E-state index in [0.29, 0.717) is 24.4 Å². The molecule has 0 bridgehead atoms. The molecule has 204 valence electrons. The third kappa shape index (κ3) is 5.59. The summed E-state index contributed by atoms with van der Waals surface area (Å²) in [7, 11) is -2.83. The maximum atomic E-state index is 14.0. The van der Waals surface area contributed by atoms with Crippen LogP contribution in [-0.4, -0.2) is 35.2 Å². The highest BCUT2D eigenvalue weighted by atomic mass is 32.2. The Morgan fingerprint density at radius 3 is 2.46 bits per heavy atom. The van der Waals surface area contributed by atoms with Gasteiger partial charge in [0.25, 0.3) is 5.56 Å². The van der Waals surface area contributed by atoms with Gasteiger partial charge >= 0.3 is 0 Å². The molecular formula is C30H33N3O5S. The van der Waals surface area contributed by atoms with Gasteiger partial charge < -0.3 is 9.84 Å². The topological polar surface area (TPSA) is 111 Å². The summed E-state index contributed by atoms with van der Waals surface area (Å²) in [5, 5.41) is 10.8. The van der Waals surface area contributed by atoms with Crippen LogP contribution in [0.15, 0.2) is 81.6 Å². The molecule has 4 aromatic rings. The predicted molar refractivity (Wildman–Crippen MR) is 150 cm³/mol. The van der Waals surface area contributed by atoms with Crippen LogP contribution in [0.4, 0.5) is 0 Å². The average Bonchev–Trinajstić information content (AvgIpc) is 2.94. The van der Waals surface area contributed by atoms with Crippen molar-refractivity contribution in [1.82, 2.24) is 14.5 Å². The molecule has 4 rings (SSSR count). The largest absolute Gasteiger partial charge is 0.497 e. The number of unbranched alkanes of at least 4 members (excludes halogenated alkanes) is 1. The molecule has 39 heavy (non-hydrogen) atoms. The van der Waals surface area contributed by atoms with Gasteiger partial charge in [0, 0.05) is 18.8 Å². The monoisotopic (exact) mass is 547 g/mol. The first-order valence-electron chi connectivity index (χ1n) is 13.0. The van der Waals surface area contributed by atoms with Crippen molar-refractivity contribution in [3.63, 3.8) is 0 Å². The molecule has 2 aromatic heterocycles. The lowest BCUT2D eigenvalue weighted by Crippen LogP contribution is -2.33. The lowest BCUT2D eigenvalue weighted by molar-refractivity contribution is 0.402. The van der Waals surface area contributed by atoms with E-state index >= 15 is 0 Å². The number of aromatic hydroxyl groups is 1. The summed E-state index contributed by atoms with van der Waals surface area (Å²) in [5.41, 5.74) is 2.67. The first-order valence-corrected chi connectivity index (χ1v) is 14.5. The van der Waals surface area contributed by atoms with Crippen LogP contribution in [0.3, 0.4) is 0 Å². The molecule has 0 fully saturated rings. The molecule has 0 aliphatic heterocycles. The second-order valence-electron chi connectivity index (χ2n) is 9.38. The zero-order chi connectivity index (χ0) is 28.2. The zero-order valence-electron chi connectivity index (χ0n) is 22.6. The Morgan fingerprint density at radius 1 is 1.08 bits per heavy atom. The number of sulfone groups is 1. The Bertz CT molecular complexity index is 1630. The number of hydrogen-bond acceptors (Lipinski definition) is 7. The highest BCUT2D eigenvalue weighted by Crippen LogP contribution is 2.31. The molecule has 1 N–H and O–H groups in total. The highest BCUT2D eigenvalue weighted by molar-refractivity contribution is 7.91. The highest BCUT2D eigenvalue weighted by Gasteiger charge is 2.31. The zero-order valence-corrected chi connectivity index (χ0v) is 23.4. The van der Waals surface area contributed by atoms with Crippen LogP contribution >= 0.6 is 0 Å². The lowest BCUT2D eigenvalue weighted by atomic mass is 10.0. The van der Waals surface area contributed by atoms with E-state index in [9.17, 15) is 18.3 Å². The van der Waals surface area contributed by atoms with Gasteiger partial charge in [0.15, 0.2) is 4.90 Å². The first kappa shape index (κ1) is 28.0. The number of benzene rings is 2. The molecule has 2 heterocycles. The van der Waals surface area contributed by atoms with Crippen molar-refractivity contribution in [2.24, 2.45) is 0 Å².